The van der Waals surface area contributed by atoms with Gasteiger partial charge in [0.05, 0.1) is 7.11 Å². The van der Waals surface area contributed by atoms with E-state index in [4.69, 9.17) is 4.74 Å². The first-order valence-electron chi connectivity index (χ1n) is 9.85. The highest BCUT2D eigenvalue weighted by atomic mass is 16.5. The summed E-state index contributed by atoms with van der Waals surface area (Å²) in [7, 11) is 1.61. The van der Waals surface area contributed by atoms with Crippen LogP contribution < -0.4 is 15.6 Å². The molecule has 1 aromatic carbocycles. The molecular formula is C22H25N3O4. The van der Waals surface area contributed by atoms with Gasteiger partial charge >= 0.3 is 0 Å². The molecule has 1 aromatic heterocycles. The van der Waals surface area contributed by atoms with Crippen molar-refractivity contribution in [2.24, 2.45) is 5.92 Å². The summed E-state index contributed by atoms with van der Waals surface area (Å²) < 4.78 is 6.80. The number of nitrogens with one attached hydrogen (secondary N) is 1. The first kappa shape index (κ1) is 19.2. The molecule has 3 atom stereocenters. The molecule has 2 amide bonds. The monoisotopic (exact) mass is 395 g/mol. The number of amides is 2. The number of ether oxygens (including phenoxy) is 1. The van der Waals surface area contributed by atoms with Crippen molar-refractivity contribution in [2.75, 3.05) is 20.2 Å². The molecule has 2 aliphatic heterocycles. The van der Waals surface area contributed by atoms with Gasteiger partial charge in [0.2, 0.25) is 11.8 Å². The van der Waals surface area contributed by atoms with E-state index in [0.717, 1.165) is 23.4 Å². The number of hydrogen-bond donors (Lipinski definition) is 1. The third kappa shape index (κ3) is 3.64. The molecular weight excluding hydrogens is 370 g/mol. The van der Waals surface area contributed by atoms with Gasteiger partial charge in [-0.05, 0) is 30.2 Å². The van der Waals surface area contributed by atoms with Gasteiger partial charge in [-0.15, -0.1) is 0 Å². The van der Waals surface area contributed by atoms with E-state index in [-0.39, 0.29) is 29.2 Å². The van der Waals surface area contributed by atoms with E-state index in [0.29, 0.717) is 19.6 Å². The third-order valence-electron chi connectivity index (χ3n) is 5.99. The van der Waals surface area contributed by atoms with Crippen molar-refractivity contribution in [3.63, 3.8) is 0 Å². The lowest BCUT2D eigenvalue weighted by molar-refractivity contribution is -0.135. The van der Waals surface area contributed by atoms with Crippen molar-refractivity contribution in [1.82, 2.24) is 14.8 Å². The molecule has 152 valence electrons. The van der Waals surface area contributed by atoms with Gasteiger partial charge < -0.3 is 15.0 Å². The number of nitrogens with zero attached hydrogens (tertiary/aromatic N) is 2. The Labute approximate surface area is 169 Å². The molecule has 4 rings (SSSR count). The normalized spacial score (nSPS) is 22.6. The highest BCUT2D eigenvalue weighted by molar-refractivity contribution is 5.81. The molecule has 0 saturated carbocycles. The van der Waals surface area contributed by atoms with Crippen LogP contribution in [-0.4, -0.2) is 41.5 Å². The Kier molecular flexibility index (Phi) is 5.13. The van der Waals surface area contributed by atoms with Gasteiger partial charge in [-0.3, -0.25) is 19.0 Å². The molecule has 7 heteroatoms. The summed E-state index contributed by atoms with van der Waals surface area (Å²) >= 11 is 0. The number of pyridine rings is 1. The number of piperidine rings is 1. The van der Waals surface area contributed by atoms with Crippen molar-refractivity contribution < 1.29 is 14.3 Å². The van der Waals surface area contributed by atoms with Crippen LogP contribution in [0.25, 0.3) is 0 Å². The Morgan fingerprint density at radius 2 is 1.90 bits per heavy atom. The fourth-order valence-corrected chi connectivity index (χ4v) is 4.56. The van der Waals surface area contributed by atoms with Crippen LogP contribution in [0.5, 0.6) is 5.75 Å². The van der Waals surface area contributed by atoms with Gasteiger partial charge in [0.25, 0.3) is 5.56 Å². The highest BCUT2D eigenvalue weighted by Gasteiger charge is 2.44. The Morgan fingerprint density at radius 3 is 2.59 bits per heavy atom. The molecule has 0 unspecified atom stereocenters. The van der Waals surface area contributed by atoms with Crippen LogP contribution in [0.2, 0.25) is 0 Å². The van der Waals surface area contributed by atoms with Crippen LogP contribution in [0, 0.1) is 5.92 Å². The summed E-state index contributed by atoms with van der Waals surface area (Å²) in [4.78, 5) is 39.6. The maximum absolute atomic E-state index is 13.2. The summed E-state index contributed by atoms with van der Waals surface area (Å²) in [6, 6.07) is 12.0. The second-order valence-corrected chi connectivity index (χ2v) is 7.79. The lowest BCUT2D eigenvalue weighted by Crippen LogP contribution is -2.54. The largest absolute Gasteiger partial charge is 0.497 e. The second-order valence-electron chi connectivity index (χ2n) is 7.79. The predicted molar refractivity (Wildman–Crippen MR) is 108 cm³/mol. The first-order valence-corrected chi connectivity index (χ1v) is 9.85. The van der Waals surface area contributed by atoms with Crippen LogP contribution in [-0.2, 0) is 16.1 Å². The van der Waals surface area contributed by atoms with Gasteiger partial charge in [0, 0.05) is 50.2 Å². The minimum atomic E-state index is -0.615. The summed E-state index contributed by atoms with van der Waals surface area (Å²) in [5.41, 5.74) is 1.62. The molecule has 1 fully saturated rings. The Balaban J connectivity index is 1.60. The van der Waals surface area contributed by atoms with E-state index >= 15 is 0 Å². The van der Waals surface area contributed by atoms with Crippen molar-refractivity contribution in [3.05, 3.63) is 64.1 Å². The van der Waals surface area contributed by atoms with Crippen LogP contribution in [0.1, 0.15) is 36.6 Å². The molecule has 3 heterocycles. The summed E-state index contributed by atoms with van der Waals surface area (Å²) in [5, 5.41) is 2.98. The zero-order valence-corrected chi connectivity index (χ0v) is 16.6. The van der Waals surface area contributed by atoms with E-state index in [9.17, 15) is 14.4 Å². The first-order chi connectivity index (χ1) is 14.0. The number of rotatable bonds is 4. The molecule has 2 aliphatic rings. The molecule has 2 aromatic rings. The quantitative estimate of drug-likeness (QED) is 0.854. The number of carbonyl (C=O) groups excluding carboxylic acids is 2. The minimum absolute atomic E-state index is 0.00354. The molecule has 1 saturated heterocycles. The van der Waals surface area contributed by atoms with Gasteiger partial charge in [-0.1, -0.05) is 18.2 Å². The summed E-state index contributed by atoms with van der Waals surface area (Å²) in [6.07, 6.45) is 0.799. The van der Waals surface area contributed by atoms with Gasteiger partial charge in [0.1, 0.15) is 11.8 Å². The summed E-state index contributed by atoms with van der Waals surface area (Å²) in [6.45, 7) is 3.00. The van der Waals surface area contributed by atoms with Crippen LogP contribution in [0.15, 0.2) is 47.3 Å². The third-order valence-corrected chi connectivity index (χ3v) is 5.99. The number of carbonyl (C=O) groups is 2. The number of methoxy groups -OCH3 is 1. The molecule has 1 N–H and O–H groups in total. The Bertz CT molecular complexity index is 982. The average Bonchev–Trinajstić information content (AvgIpc) is 2.73. The van der Waals surface area contributed by atoms with Crippen molar-refractivity contribution in [1.29, 1.82) is 0 Å². The lowest BCUT2D eigenvalue weighted by Gasteiger charge is -2.46. The van der Waals surface area contributed by atoms with Crippen molar-refractivity contribution in [3.8, 4) is 5.75 Å². The molecule has 29 heavy (non-hydrogen) atoms. The van der Waals surface area contributed by atoms with E-state index in [2.05, 4.69) is 5.32 Å². The average molecular weight is 395 g/mol. The van der Waals surface area contributed by atoms with Gasteiger partial charge in [0.15, 0.2) is 0 Å². The smallest absolute Gasteiger partial charge is 0.251 e. The lowest BCUT2D eigenvalue weighted by atomic mass is 9.78. The standard InChI is InChI=1S/C22H25N3O4/c1-14(26)24-12-16-10-17(13-24)21(25-19(16)4-3-5-20(25)27)22(28)23-11-15-6-8-18(29-2)9-7-15/h3-9,16-17,21H,10-13H2,1-2H3,(H,23,28)/t16-,17+,21-/m1/s1. The van der Waals surface area contributed by atoms with E-state index in [1.165, 1.54) is 6.07 Å². The predicted octanol–water partition coefficient (Wildman–Crippen LogP) is 1.68. The molecule has 7 nitrogen and oxygen atoms in total. The van der Waals surface area contributed by atoms with Crippen LogP contribution in [0.4, 0.5) is 0 Å². The highest BCUT2D eigenvalue weighted by Crippen LogP contribution is 2.41. The van der Waals surface area contributed by atoms with Gasteiger partial charge in [-0.2, -0.15) is 0 Å². The number of aromatic nitrogens is 1. The number of likely N-dealkylation sites (tertiary alicyclic amines) is 1. The van der Waals surface area contributed by atoms with Crippen molar-refractivity contribution >= 4 is 11.8 Å². The van der Waals surface area contributed by atoms with Crippen molar-refractivity contribution in [2.45, 2.75) is 31.8 Å². The maximum Gasteiger partial charge on any atom is 0.251 e. The van der Waals surface area contributed by atoms with E-state index in [1.54, 1.807) is 29.6 Å². The summed E-state index contributed by atoms with van der Waals surface area (Å²) in [5.74, 6) is 0.566. The molecule has 2 bridgehead atoms. The fourth-order valence-electron chi connectivity index (χ4n) is 4.56. The van der Waals surface area contributed by atoms with Crippen LogP contribution in [0.3, 0.4) is 0 Å². The number of benzene rings is 1. The Hall–Kier alpha value is -3.09. The molecule has 0 spiro atoms. The topological polar surface area (TPSA) is 80.6 Å². The molecule has 0 radical (unpaired) electrons. The number of fused-ring (bicyclic) bond motifs is 4. The van der Waals surface area contributed by atoms with E-state index < -0.39 is 6.04 Å². The minimum Gasteiger partial charge on any atom is -0.497 e. The molecule has 0 aliphatic carbocycles. The van der Waals surface area contributed by atoms with Crippen LogP contribution >= 0.6 is 0 Å². The number of hydrogen-bond acceptors (Lipinski definition) is 4. The Morgan fingerprint density at radius 1 is 1.14 bits per heavy atom. The fraction of sp³-hybridized carbons (Fsp3) is 0.409. The maximum atomic E-state index is 13.2. The SMILES string of the molecule is COc1ccc(CNC(=O)[C@H]2[C@H]3C[C@H](CN(C(C)=O)C3)c3cccc(=O)n32)cc1. The van der Waals surface area contributed by atoms with E-state index in [1.807, 2.05) is 30.3 Å². The van der Waals surface area contributed by atoms with Gasteiger partial charge in [-0.25, -0.2) is 0 Å². The zero-order chi connectivity index (χ0) is 20.5. The second kappa shape index (κ2) is 7.73. The zero-order valence-electron chi connectivity index (χ0n) is 16.6.